The van der Waals surface area contributed by atoms with Crippen LogP contribution in [0, 0.1) is 0 Å². The molecule has 10 heteroatoms. The van der Waals surface area contributed by atoms with Crippen LogP contribution in [0.5, 0.6) is 0 Å². The molecule has 0 spiro atoms. The average Bonchev–Trinajstić information content (AvgIpc) is 2.97. The molecular formula is C14H10F5N3O2. The summed E-state index contributed by atoms with van der Waals surface area (Å²) in [5, 5.41) is 2.19. The van der Waals surface area contributed by atoms with E-state index in [2.05, 4.69) is 10.3 Å². The average molecular weight is 347 g/mol. The number of aromatic nitrogens is 1. The molecular weight excluding hydrogens is 337 g/mol. The first-order chi connectivity index (χ1) is 11.1. The van der Waals surface area contributed by atoms with E-state index in [4.69, 9.17) is 4.42 Å². The number of halogens is 5. The first-order valence-corrected chi connectivity index (χ1v) is 6.69. The zero-order chi connectivity index (χ0) is 17.5. The number of carbonyl (C=O) groups excluding carboxylic acids is 1. The number of urea groups is 1. The highest BCUT2D eigenvalue weighted by Gasteiger charge is 2.46. The Hall–Kier alpha value is -2.65. The molecule has 0 radical (unpaired) electrons. The van der Waals surface area contributed by atoms with Gasteiger partial charge in [-0.15, -0.1) is 0 Å². The lowest BCUT2D eigenvalue weighted by Crippen LogP contribution is -2.59. The maximum absolute atomic E-state index is 13.0. The van der Waals surface area contributed by atoms with Crippen molar-refractivity contribution in [2.24, 2.45) is 0 Å². The van der Waals surface area contributed by atoms with Gasteiger partial charge < -0.3 is 14.6 Å². The smallest absolute Gasteiger partial charge is 0.416 e. The monoisotopic (exact) mass is 347 g/mol. The Labute approximate surface area is 132 Å². The highest BCUT2D eigenvalue weighted by Crippen LogP contribution is 2.35. The van der Waals surface area contributed by atoms with Crippen LogP contribution in [0.3, 0.4) is 0 Å². The van der Waals surface area contributed by atoms with Crippen molar-refractivity contribution in [2.45, 2.75) is 12.1 Å². The quantitative estimate of drug-likeness (QED) is 0.840. The van der Waals surface area contributed by atoms with Gasteiger partial charge in [-0.05, 0) is 18.2 Å². The third kappa shape index (κ3) is 3.31. The number of hydrogen-bond acceptors (Lipinski definition) is 3. The highest BCUT2D eigenvalue weighted by atomic mass is 19.4. The van der Waals surface area contributed by atoms with Crippen LogP contribution in [0.4, 0.5) is 32.4 Å². The molecule has 2 heterocycles. The summed E-state index contributed by atoms with van der Waals surface area (Å²) in [5.41, 5.74) is -1.15. The van der Waals surface area contributed by atoms with Gasteiger partial charge in [0.25, 0.3) is 5.92 Å². The second kappa shape index (κ2) is 5.46. The van der Waals surface area contributed by atoms with Gasteiger partial charge in [-0.3, -0.25) is 0 Å². The lowest BCUT2D eigenvalue weighted by molar-refractivity contribution is -0.137. The second-order valence-electron chi connectivity index (χ2n) is 5.30. The van der Waals surface area contributed by atoms with E-state index in [1.807, 2.05) is 0 Å². The molecule has 1 saturated heterocycles. The Kier molecular flexibility index (Phi) is 3.69. The van der Waals surface area contributed by atoms with Crippen LogP contribution in [0.25, 0.3) is 11.3 Å². The maximum Gasteiger partial charge on any atom is 0.416 e. The van der Waals surface area contributed by atoms with Gasteiger partial charge in [-0.25, -0.2) is 18.6 Å². The Balaban J connectivity index is 1.87. The van der Waals surface area contributed by atoms with Crippen LogP contribution in [0.2, 0.25) is 0 Å². The number of anilines is 1. The van der Waals surface area contributed by atoms with Crippen LogP contribution in [-0.4, -0.2) is 34.9 Å². The van der Waals surface area contributed by atoms with Crippen molar-refractivity contribution < 1.29 is 31.2 Å². The van der Waals surface area contributed by atoms with Gasteiger partial charge in [-0.2, -0.15) is 13.2 Å². The molecule has 1 fully saturated rings. The van der Waals surface area contributed by atoms with Crippen molar-refractivity contribution >= 4 is 11.7 Å². The molecule has 0 aliphatic carbocycles. The minimum Gasteiger partial charge on any atom is -0.444 e. The number of carbonyl (C=O) groups is 1. The normalized spacial score (nSPS) is 16.6. The third-order valence-corrected chi connectivity index (χ3v) is 3.36. The summed E-state index contributed by atoms with van der Waals surface area (Å²) in [6.45, 7) is -1.54. The summed E-state index contributed by atoms with van der Waals surface area (Å²) in [6, 6.07) is 1.90. The summed E-state index contributed by atoms with van der Waals surface area (Å²) in [4.78, 5) is 16.2. The minimum absolute atomic E-state index is 0.0477. The highest BCUT2D eigenvalue weighted by molar-refractivity contribution is 5.91. The molecule has 1 aromatic heterocycles. The number of likely N-dealkylation sites (tertiary alicyclic amines) is 1. The lowest BCUT2D eigenvalue weighted by Gasteiger charge is -2.38. The summed E-state index contributed by atoms with van der Waals surface area (Å²) in [7, 11) is 0. The largest absolute Gasteiger partial charge is 0.444 e. The van der Waals surface area contributed by atoms with E-state index in [9.17, 15) is 26.7 Å². The molecule has 5 nitrogen and oxygen atoms in total. The van der Waals surface area contributed by atoms with Gasteiger partial charge in [-0.1, -0.05) is 0 Å². The van der Waals surface area contributed by atoms with Gasteiger partial charge in [0, 0.05) is 11.3 Å². The van der Waals surface area contributed by atoms with E-state index in [0.717, 1.165) is 23.4 Å². The van der Waals surface area contributed by atoms with E-state index < -0.39 is 36.8 Å². The first kappa shape index (κ1) is 16.2. The number of nitrogens with zero attached hydrogens (tertiary/aromatic N) is 2. The fourth-order valence-corrected chi connectivity index (χ4v) is 2.22. The molecule has 2 amide bonds. The topological polar surface area (TPSA) is 58.4 Å². The Morgan fingerprint density at radius 2 is 1.96 bits per heavy atom. The van der Waals surface area contributed by atoms with Crippen LogP contribution in [-0.2, 0) is 6.18 Å². The number of benzene rings is 1. The first-order valence-electron chi connectivity index (χ1n) is 6.69. The van der Waals surface area contributed by atoms with Crippen LogP contribution in [0.1, 0.15) is 5.56 Å². The van der Waals surface area contributed by atoms with Crippen LogP contribution >= 0.6 is 0 Å². The van der Waals surface area contributed by atoms with Gasteiger partial charge in [0.2, 0.25) is 0 Å². The predicted octanol–water partition coefficient (Wildman–Crippen LogP) is 3.84. The molecule has 2 aromatic rings. The van der Waals surface area contributed by atoms with E-state index in [0.29, 0.717) is 0 Å². The van der Waals surface area contributed by atoms with Gasteiger partial charge in [0.1, 0.15) is 0 Å². The number of alkyl halides is 5. The lowest BCUT2D eigenvalue weighted by atomic mass is 10.1. The van der Waals surface area contributed by atoms with Crippen molar-refractivity contribution in [3.63, 3.8) is 0 Å². The summed E-state index contributed by atoms with van der Waals surface area (Å²) in [6.07, 6.45) is -2.38. The number of rotatable bonds is 2. The standard InChI is InChI=1S/C14H10F5N3O2/c15-13(16)5-22(6-13)12(23)21-10-2-8(11-4-20-7-24-11)1-9(3-10)14(17,18)19/h1-4,7H,5-6H2,(H,21,23). The van der Waals surface area contributed by atoms with E-state index in [1.54, 1.807) is 0 Å². The summed E-state index contributed by atoms with van der Waals surface area (Å²) in [5.74, 6) is -2.89. The molecule has 128 valence electrons. The zero-order valence-corrected chi connectivity index (χ0v) is 11.9. The van der Waals surface area contributed by atoms with Crippen molar-refractivity contribution in [1.82, 2.24) is 9.88 Å². The predicted molar refractivity (Wildman–Crippen MR) is 72.5 cm³/mol. The zero-order valence-electron chi connectivity index (χ0n) is 11.9. The van der Waals surface area contributed by atoms with Crippen molar-refractivity contribution in [3.8, 4) is 11.3 Å². The summed E-state index contributed by atoms with van der Waals surface area (Å²) < 4.78 is 69.5. The van der Waals surface area contributed by atoms with E-state index in [-0.39, 0.29) is 17.0 Å². The number of amides is 2. The van der Waals surface area contributed by atoms with E-state index in [1.165, 1.54) is 12.3 Å². The molecule has 1 aliphatic heterocycles. The molecule has 24 heavy (non-hydrogen) atoms. The number of hydrogen-bond donors (Lipinski definition) is 1. The molecule has 0 unspecified atom stereocenters. The molecule has 0 bridgehead atoms. The molecule has 0 atom stereocenters. The SMILES string of the molecule is O=C(Nc1cc(-c2cnco2)cc(C(F)(F)F)c1)N1CC(F)(F)C1. The van der Waals surface area contributed by atoms with E-state index >= 15 is 0 Å². The minimum atomic E-state index is -4.65. The number of nitrogens with one attached hydrogen (secondary N) is 1. The fraction of sp³-hybridized carbons (Fsp3) is 0.286. The maximum atomic E-state index is 13.0. The van der Waals surface area contributed by atoms with Gasteiger partial charge >= 0.3 is 12.2 Å². The molecule has 3 rings (SSSR count). The van der Waals surface area contributed by atoms with Crippen LogP contribution < -0.4 is 5.32 Å². The third-order valence-electron chi connectivity index (χ3n) is 3.36. The van der Waals surface area contributed by atoms with Crippen molar-refractivity contribution in [1.29, 1.82) is 0 Å². The summed E-state index contributed by atoms with van der Waals surface area (Å²) >= 11 is 0. The molecule has 1 N–H and O–H groups in total. The molecule has 1 aliphatic rings. The molecule has 0 saturated carbocycles. The van der Waals surface area contributed by atoms with Crippen molar-refractivity contribution in [2.75, 3.05) is 18.4 Å². The van der Waals surface area contributed by atoms with Crippen molar-refractivity contribution in [3.05, 3.63) is 36.4 Å². The second-order valence-corrected chi connectivity index (χ2v) is 5.30. The van der Waals surface area contributed by atoms with Gasteiger partial charge in [0.05, 0.1) is 24.8 Å². The Bertz CT molecular complexity index is 750. The Morgan fingerprint density at radius 1 is 1.25 bits per heavy atom. The Morgan fingerprint density at radius 3 is 2.50 bits per heavy atom. The van der Waals surface area contributed by atoms with Crippen LogP contribution in [0.15, 0.2) is 35.2 Å². The number of oxazole rings is 1. The fourth-order valence-electron chi connectivity index (χ4n) is 2.22. The van der Waals surface area contributed by atoms with Gasteiger partial charge in [0.15, 0.2) is 12.2 Å². The molecule has 1 aromatic carbocycles.